The average Bonchev–Trinajstić information content (AvgIpc) is 2.50. The van der Waals surface area contributed by atoms with E-state index in [9.17, 15) is 9.59 Å². The summed E-state index contributed by atoms with van der Waals surface area (Å²) in [6.45, 7) is 4.20. The van der Waals surface area contributed by atoms with Gasteiger partial charge in [-0.15, -0.1) is 0 Å². The largest absolute Gasteiger partial charge is 0.445 e. The molecule has 0 fully saturated rings. The topological polar surface area (TPSA) is 64.6 Å². The van der Waals surface area contributed by atoms with Crippen molar-refractivity contribution in [2.75, 3.05) is 13.7 Å². The number of benzene rings is 1. The Bertz CT molecular complexity index is 447. The maximum Gasteiger partial charge on any atom is 0.408 e. The zero-order valence-corrected chi connectivity index (χ0v) is 12.8. The number of ether oxygens (including phenoxy) is 2. The minimum Gasteiger partial charge on any atom is -0.445 e. The van der Waals surface area contributed by atoms with Crippen LogP contribution >= 0.6 is 0 Å². The van der Waals surface area contributed by atoms with Crippen LogP contribution in [0.5, 0.6) is 0 Å². The minimum atomic E-state index is -0.585. The Morgan fingerprint density at radius 2 is 1.86 bits per heavy atom. The molecule has 1 aromatic carbocycles. The van der Waals surface area contributed by atoms with E-state index in [4.69, 9.17) is 9.47 Å². The van der Waals surface area contributed by atoms with Gasteiger partial charge in [0.2, 0.25) is 0 Å². The highest BCUT2D eigenvalue weighted by Gasteiger charge is 2.21. The number of hydrogen-bond donors (Lipinski definition) is 1. The molecule has 0 heterocycles. The molecule has 0 aliphatic heterocycles. The zero-order valence-electron chi connectivity index (χ0n) is 12.8. The van der Waals surface area contributed by atoms with Crippen molar-refractivity contribution in [3.8, 4) is 0 Å². The molecule has 116 valence electrons. The van der Waals surface area contributed by atoms with Gasteiger partial charge in [0.15, 0.2) is 5.78 Å². The summed E-state index contributed by atoms with van der Waals surface area (Å²) in [5.41, 5.74) is 0.903. The summed E-state index contributed by atoms with van der Waals surface area (Å²) in [6, 6.07) is 8.82. The number of ketones is 1. The van der Waals surface area contributed by atoms with Crippen molar-refractivity contribution in [2.24, 2.45) is 5.92 Å². The monoisotopic (exact) mass is 293 g/mol. The van der Waals surface area contributed by atoms with Crippen LogP contribution in [0.2, 0.25) is 0 Å². The number of methoxy groups -OCH3 is 1. The van der Waals surface area contributed by atoms with Gasteiger partial charge in [-0.2, -0.15) is 0 Å². The average molecular weight is 293 g/mol. The summed E-state index contributed by atoms with van der Waals surface area (Å²) >= 11 is 0. The lowest BCUT2D eigenvalue weighted by molar-refractivity contribution is -0.124. The van der Waals surface area contributed by atoms with E-state index in [1.54, 1.807) is 14.0 Å². The second kappa shape index (κ2) is 9.13. The zero-order chi connectivity index (χ0) is 15.7. The van der Waals surface area contributed by atoms with Crippen molar-refractivity contribution in [3.63, 3.8) is 0 Å². The summed E-state index contributed by atoms with van der Waals surface area (Å²) in [5, 5.41) is 2.56. The van der Waals surface area contributed by atoms with Crippen LogP contribution in [0.4, 0.5) is 4.79 Å². The third kappa shape index (κ3) is 6.40. The molecule has 5 heteroatoms. The normalized spacial score (nSPS) is 13.3. The van der Waals surface area contributed by atoms with E-state index in [0.29, 0.717) is 13.0 Å². The summed E-state index contributed by atoms with van der Waals surface area (Å²) in [6.07, 6.45) is 0.0547. The molecule has 0 bridgehead atoms. The third-order valence-corrected chi connectivity index (χ3v) is 3.21. The van der Waals surface area contributed by atoms with Gasteiger partial charge in [-0.1, -0.05) is 37.3 Å². The fourth-order valence-corrected chi connectivity index (χ4v) is 1.88. The van der Waals surface area contributed by atoms with Gasteiger partial charge in [0.25, 0.3) is 0 Å². The van der Waals surface area contributed by atoms with Crippen molar-refractivity contribution in [1.82, 2.24) is 5.32 Å². The number of hydrogen-bond acceptors (Lipinski definition) is 4. The van der Waals surface area contributed by atoms with Gasteiger partial charge < -0.3 is 14.8 Å². The van der Waals surface area contributed by atoms with Crippen molar-refractivity contribution >= 4 is 11.9 Å². The van der Waals surface area contributed by atoms with Crippen LogP contribution in [0.1, 0.15) is 25.8 Å². The van der Waals surface area contributed by atoms with Crippen LogP contribution in [0.15, 0.2) is 30.3 Å². The van der Waals surface area contributed by atoms with Gasteiger partial charge in [-0.05, 0) is 18.9 Å². The second-order valence-corrected chi connectivity index (χ2v) is 5.01. The highest BCUT2D eigenvalue weighted by Crippen LogP contribution is 2.07. The Kier molecular flexibility index (Phi) is 7.46. The van der Waals surface area contributed by atoms with Crippen LogP contribution < -0.4 is 5.32 Å². The molecular weight excluding hydrogens is 270 g/mol. The SMILES string of the molecule is COCCC(C)C(=O)C(C)NC(=O)OCc1ccccc1. The number of nitrogens with one attached hydrogen (secondary N) is 1. The first kappa shape index (κ1) is 17.2. The Morgan fingerprint density at radius 1 is 1.19 bits per heavy atom. The molecule has 1 aromatic rings. The van der Waals surface area contributed by atoms with E-state index in [0.717, 1.165) is 5.56 Å². The van der Waals surface area contributed by atoms with Gasteiger partial charge >= 0.3 is 6.09 Å². The molecular formula is C16H23NO4. The summed E-state index contributed by atoms with van der Waals surface area (Å²) in [5.74, 6) is -0.182. The van der Waals surface area contributed by atoms with E-state index in [1.165, 1.54) is 0 Å². The summed E-state index contributed by atoms with van der Waals surface area (Å²) < 4.78 is 10.0. The lowest BCUT2D eigenvalue weighted by Crippen LogP contribution is -2.41. The lowest BCUT2D eigenvalue weighted by atomic mass is 9.98. The molecule has 0 aromatic heterocycles. The molecule has 1 N–H and O–H groups in total. The maximum absolute atomic E-state index is 12.0. The van der Waals surface area contributed by atoms with Crippen LogP contribution in [0.3, 0.4) is 0 Å². The Hall–Kier alpha value is -1.88. The predicted octanol–water partition coefficient (Wildman–Crippen LogP) is 2.54. The molecule has 5 nitrogen and oxygen atoms in total. The molecule has 1 rings (SSSR count). The van der Waals surface area contributed by atoms with Crippen molar-refractivity contribution < 1.29 is 19.1 Å². The molecule has 0 saturated heterocycles. The fraction of sp³-hybridized carbons (Fsp3) is 0.500. The molecule has 2 unspecified atom stereocenters. The predicted molar refractivity (Wildman–Crippen MR) is 79.9 cm³/mol. The highest BCUT2D eigenvalue weighted by atomic mass is 16.5. The van der Waals surface area contributed by atoms with Gasteiger partial charge in [-0.25, -0.2) is 4.79 Å². The molecule has 0 saturated carbocycles. The molecule has 1 amide bonds. The second-order valence-electron chi connectivity index (χ2n) is 5.01. The van der Waals surface area contributed by atoms with E-state index in [1.807, 2.05) is 37.3 Å². The first-order valence-corrected chi connectivity index (χ1v) is 7.04. The summed E-state index contributed by atoms with van der Waals surface area (Å²) in [4.78, 5) is 23.7. The molecule has 0 spiro atoms. The van der Waals surface area contributed by atoms with E-state index >= 15 is 0 Å². The molecule has 0 aliphatic carbocycles. The third-order valence-electron chi connectivity index (χ3n) is 3.21. The van der Waals surface area contributed by atoms with Crippen molar-refractivity contribution in [1.29, 1.82) is 0 Å². The quantitative estimate of drug-likeness (QED) is 0.800. The van der Waals surface area contributed by atoms with Crippen LogP contribution in [0.25, 0.3) is 0 Å². The number of carbonyl (C=O) groups excluding carboxylic acids is 2. The van der Waals surface area contributed by atoms with Crippen molar-refractivity contribution in [2.45, 2.75) is 32.9 Å². The number of rotatable bonds is 8. The standard InChI is InChI=1S/C16H23NO4/c1-12(9-10-20-3)15(18)13(2)17-16(19)21-11-14-7-5-4-6-8-14/h4-8,12-13H,9-11H2,1-3H3,(H,17,19). The van der Waals surface area contributed by atoms with Crippen LogP contribution in [0, 0.1) is 5.92 Å². The van der Waals surface area contributed by atoms with Crippen LogP contribution in [-0.2, 0) is 20.9 Å². The first-order valence-electron chi connectivity index (χ1n) is 7.04. The van der Waals surface area contributed by atoms with E-state index < -0.39 is 12.1 Å². The van der Waals surface area contributed by atoms with Gasteiger partial charge in [0.1, 0.15) is 6.61 Å². The highest BCUT2D eigenvalue weighted by molar-refractivity contribution is 5.88. The number of Topliss-reactive ketones (excluding diaryl/α,β-unsaturated/α-hetero) is 1. The molecule has 2 atom stereocenters. The number of alkyl carbamates (subject to hydrolysis) is 1. The molecule has 21 heavy (non-hydrogen) atoms. The van der Waals surface area contributed by atoms with Gasteiger partial charge in [-0.3, -0.25) is 4.79 Å². The molecule has 0 radical (unpaired) electrons. The summed E-state index contributed by atoms with van der Waals surface area (Å²) in [7, 11) is 1.60. The van der Waals surface area contributed by atoms with Crippen molar-refractivity contribution in [3.05, 3.63) is 35.9 Å². The lowest BCUT2D eigenvalue weighted by Gasteiger charge is -2.17. The van der Waals surface area contributed by atoms with E-state index in [-0.39, 0.29) is 18.3 Å². The smallest absolute Gasteiger partial charge is 0.408 e. The Morgan fingerprint density at radius 3 is 2.48 bits per heavy atom. The van der Waals surface area contributed by atoms with Gasteiger partial charge in [0.05, 0.1) is 6.04 Å². The maximum atomic E-state index is 12.0. The number of carbonyl (C=O) groups is 2. The molecule has 0 aliphatic rings. The van der Waals surface area contributed by atoms with Crippen LogP contribution in [-0.4, -0.2) is 31.6 Å². The first-order chi connectivity index (χ1) is 10.0. The van der Waals surface area contributed by atoms with Gasteiger partial charge in [0, 0.05) is 19.6 Å². The number of amides is 1. The minimum absolute atomic E-state index is 0.0243. The Balaban J connectivity index is 2.34. The fourth-order valence-electron chi connectivity index (χ4n) is 1.88. The Labute approximate surface area is 125 Å². The van der Waals surface area contributed by atoms with E-state index in [2.05, 4.69) is 5.32 Å².